The van der Waals surface area contributed by atoms with Gasteiger partial charge in [0.1, 0.15) is 5.82 Å². The molecule has 0 spiro atoms. The van der Waals surface area contributed by atoms with Crippen LogP contribution in [0.2, 0.25) is 0 Å². The van der Waals surface area contributed by atoms with Crippen LogP contribution in [0.1, 0.15) is 65.5 Å². The first-order valence-corrected chi connectivity index (χ1v) is 8.43. The molecule has 1 saturated heterocycles. The van der Waals surface area contributed by atoms with E-state index >= 15 is 0 Å². The maximum Gasteiger partial charge on any atom is 0.219 e. The summed E-state index contributed by atoms with van der Waals surface area (Å²) in [6, 6.07) is 5.27. The Kier molecular flexibility index (Phi) is 5.43. The lowest BCUT2D eigenvalue weighted by Crippen LogP contribution is -2.38. The quantitative estimate of drug-likeness (QED) is 0.849. The summed E-state index contributed by atoms with van der Waals surface area (Å²) in [5, 5.41) is 0. The Morgan fingerprint density at radius 1 is 1.23 bits per heavy atom. The maximum absolute atomic E-state index is 11.8. The Bertz CT molecular complexity index is 488. The first-order valence-electron chi connectivity index (χ1n) is 8.43. The number of pyridine rings is 1. The number of hydrogen-bond acceptors (Lipinski definition) is 3. The lowest BCUT2D eigenvalue weighted by molar-refractivity contribution is -0.132. The van der Waals surface area contributed by atoms with E-state index < -0.39 is 0 Å². The number of amides is 1. The van der Waals surface area contributed by atoms with Gasteiger partial charge in [-0.2, -0.15) is 0 Å². The number of anilines is 1. The molecule has 122 valence electrons. The third kappa shape index (κ3) is 3.60. The van der Waals surface area contributed by atoms with E-state index in [1.807, 2.05) is 11.1 Å². The highest BCUT2D eigenvalue weighted by Gasteiger charge is 2.26. The van der Waals surface area contributed by atoms with E-state index in [-0.39, 0.29) is 11.9 Å². The standard InChI is InChI=1S/C18H29N3O/c1-13(2)21(14(3)4)18-10-9-16(12-19-18)17-8-6-7-11-20(17)15(5)22/h9-10,12-14,17H,6-8,11H2,1-5H3/t17-/m1/s1. The van der Waals surface area contributed by atoms with Gasteiger partial charge in [0.25, 0.3) is 0 Å². The van der Waals surface area contributed by atoms with Crippen LogP contribution in [0.3, 0.4) is 0 Å². The lowest BCUT2D eigenvalue weighted by Gasteiger charge is -2.36. The van der Waals surface area contributed by atoms with Crippen molar-refractivity contribution in [3.63, 3.8) is 0 Å². The van der Waals surface area contributed by atoms with Crippen molar-refractivity contribution in [2.45, 2.75) is 72.0 Å². The molecule has 0 aliphatic carbocycles. The molecule has 1 aromatic rings. The highest BCUT2D eigenvalue weighted by atomic mass is 16.2. The third-order valence-electron chi connectivity index (χ3n) is 4.44. The van der Waals surface area contributed by atoms with E-state index in [2.05, 4.69) is 49.7 Å². The summed E-state index contributed by atoms with van der Waals surface area (Å²) in [5.41, 5.74) is 1.16. The topological polar surface area (TPSA) is 36.4 Å². The molecule has 0 radical (unpaired) electrons. The molecule has 0 bridgehead atoms. The number of nitrogens with zero attached hydrogens (tertiary/aromatic N) is 3. The van der Waals surface area contributed by atoms with Crippen molar-refractivity contribution >= 4 is 11.7 Å². The van der Waals surface area contributed by atoms with Gasteiger partial charge < -0.3 is 9.80 Å². The van der Waals surface area contributed by atoms with E-state index in [0.29, 0.717) is 12.1 Å². The summed E-state index contributed by atoms with van der Waals surface area (Å²) in [6.07, 6.45) is 5.29. The second-order valence-electron chi connectivity index (χ2n) is 6.77. The van der Waals surface area contributed by atoms with Crippen LogP contribution in [-0.4, -0.2) is 34.4 Å². The van der Waals surface area contributed by atoms with Gasteiger partial charge in [0.2, 0.25) is 5.91 Å². The van der Waals surface area contributed by atoms with Gasteiger partial charge in [-0.05, 0) is 58.6 Å². The van der Waals surface area contributed by atoms with Gasteiger partial charge in [-0.3, -0.25) is 4.79 Å². The number of hydrogen-bond donors (Lipinski definition) is 0. The molecule has 1 aliphatic heterocycles. The zero-order valence-electron chi connectivity index (χ0n) is 14.5. The van der Waals surface area contributed by atoms with Crippen LogP contribution in [0.5, 0.6) is 0 Å². The number of piperidine rings is 1. The number of rotatable bonds is 4. The molecular formula is C18H29N3O. The Morgan fingerprint density at radius 3 is 2.41 bits per heavy atom. The molecule has 0 saturated carbocycles. The van der Waals surface area contributed by atoms with Crippen molar-refractivity contribution in [1.29, 1.82) is 0 Å². The molecule has 0 N–H and O–H groups in total. The van der Waals surface area contributed by atoms with Crippen molar-refractivity contribution in [2.24, 2.45) is 0 Å². The van der Waals surface area contributed by atoms with Gasteiger partial charge in [-0.25, -0.2) is 4.98 Å². The largest absolute Gasteiger partial charge is 0.352 e. The van der Waals surface area contributed by atoms with Crippen molar-refractivity contribution in [3.8, 4) is 0 Å². The zero-order valence-corrected chi connectivity index (χ0v) is 14.5. The maximum atomic E-state index is 11.8. The van der Waals surface area contributed by atoms with Gasteiger partial charge in [0.05, 0.1) is 6.04 Å². The second kappa shape index (κ2) is 7.12. The first kappa shape index (κ1) is 16.8. The number of likely N-dealkylation sites (tertiary alicyclic amines) is 1. The van der Waals surface area contributed by atoms with Gasteiger partial charge in [-0.1, -0.05) is 6.07 Å². The normalized spacial score (nSPS) is 18.9. The van der Waals surface area contributed by atoms with Crippen LogP contribution in [0.25, 0.3) is 0 Å². The minimum Gasteiger partial charge on any atom is -0.352 e. The van der Waals surface area contributed by atoms with Crippen LogP contribution in [-0.2, 0) is 4.79 Å². The van der Waals surface area contributed by atoms with E-state index in [1.165, 1.54) is 6.42 Å². The fourth-order valence-electron chi connectivity index (χ4n) is 3.53. The Hall–Kier alpha value is -1.58. The molecule has 1 aliphatic rings. The minimum absolute atomic E-state index is 0.166. The number of carbonyl (C=O) groups is 1. The van der Waals surface area contributed by atoms with E-state index in [4.69, 9.17) is 0 Å². The molecule has 0 aromatic carbocycles. The van der Waals surface area contributed by atoms with E-state index in [9.17, 15) is 4.79 Å². The highest BCUT2D eigenvalue weighted by Crippen LogP contribution is 2.31. The van der Waals surface area contributed by atoms with Gasteiger partial charge in [0, 0.05) is 31.7 Å². The molecule has 1 atom stereocenters. The van der Waals surface area contributed by atoms with Crippen molar-refractivity contribution in [3.05, 3.63) is 23.9 Å². The Labute approximate surface area is 134 Å². The summed E-state index contributed by atoms with van der Waals surface area (Å²) in [7, 11) is 0. The van der Waals surface area contributed by atoms with E-state index in [0.717, 1.165) is 30.8 Å². The molecule has 4 nitrogen and oxygen atoms in total. The molecule has 1 aromatic heterocycles. The molecule has 1 fully saturated rings. The molecule has 1 amide bonds. The van der Waals surface area contributed by atoms with Gasteiger partial charge in [-0.15, -0.1) is 0 Å². The molecule has 2 heterocycles. The van der Waals surface area contributed by atoms with Crippen LogP contribution in [0.4, 0.5) is 5.82 Å². The molecule has 4 heteroatoms. The molecule has 2 rings (SSSR count). The lowest BCUT2D eigenvalue weighted by atomic mass is 9.96. The van der Waals surface area contributed by atoms with Crippen molar-refractivity contribution in [2.75, 3.05) is 11.4 Å². The summed E-state index contributed by atoms with van der Waals surface area (Å²) >= 11 is 0. The highest BCUT2D eigenvalue weighted by molar-refractivity contribution is 5.74. The fourth-order valence-corrected chi connectivity index (χ4v) is 3.53. The fraction of sp³-hybridized carbons (Fsp3) is 0.667. The van der Waals surface area contributed by atoms with Crippen LogP contribution >= 0.6 is 0 Å². The summed E-state index contributed by atoms with van der Waals surface area (Å²) in [4.78, 5) is 20.8. The summed E-state index contributed by atoms with van der Waals surface area (Å²) in [5.74, 6) is 1.18. The average molecular weight is 303 g/mol. The smallest absolute Gasteiger partial charge is 0.219 e. The van der Waals surface area contributed by atoms with Crippen LogP contribution in [0.15, 0.2) is 18.3 Å². The van der Waals surface area contributed by atoms with Crippen LogP contribution in [0, 0.1) is 0 Å². The first-order chi connectivity index (χ1) is 10.4. The predicted octanol–water partition coefficient (Wildman–Crippen LogP) is 3.78. The SMILES string of the molecule is CC(=O)N1CCCC[C@@H]1c1ccc(N(C(C)C)C(C)C)nc1. The van der Waals surface area contributed by atoms with E-state index in [1.54, 1.807) is 6.92 Å². The van der Waals surface area contributed by atoms with Crippen LogP contribution < -0.4 is 4.90 Å². The summed E-state index contributed by atoms with van der Waals surface area (Å²) < 4.78 is 0. The molecule has 0 unspecified atom stereocenters. The minimum atomic E-state index is 0.166. The number of carbonyl (C=O) groups excluding carboxylic acids is 1. The molecule has 22 heavy (non-hydrogen) atoms. The van der Waals surface area contributed by atoms with Crippen molar-refractivity contribution < 1.29 is 4.79 Å². The van der Waals surface area contributed by atoms with Gasteiger partial charge in [0.15, 0.2) is 0 Å². The third-order valence-corrected chi connectivity index (χ3v) is 4.44. The Morgan fingerprint density at radius 2 is 1.91 bits per heavy atom. The van der Waals surface area contributed by atoms with Gasteiger partial charge >= 0.3 is 0 Å². The summed E-state index contributed by atoms with van der Waals surface area (Å²) in [6.45, 7) is 11.3. The number of aromatic nitrogens is 1. The second-order valence-corrected chi connectivity index (χ2v) is 6.77. The predicted molar refractivity (Wildman–Crippen MR) is 91.0 cm³/mol. The van der Waals surface area contributed by atoms with Crippen molar-refractivity contribution in [1.82, 2.24) is 9.88 Å². The zero-order chi connectivity index (χ0) is 16.3. The average Bonchev–Trinajstić information content (AvgIpc) is 2.47. The molecular weight excluding hydrogens is 274 g/mol. The monoisotopic (exact) mass is 303 g/mol. The Balaban J connectivity index is 2.22.